The van der Waals surface area contributed by atoms with Crippen molar-refractivity contribution in [1.82, 2.24) is 4.90 Å². The third-order valence-corrected chi connectivity index (χ3v) is 4.90. The number of nitrogens with zero attached hydrogens (tertiary/aromatic N) is 1. The Morgan fingerprint density at radius 1 is 1.29 bits per heavy atom. The van der Waals surface area contributed by atoms with E-state index >= 15 is 0 Å². The Morgan fingerprint density at radius 2 is 2.14 bits per heavy atom. The second-order valence-electron chi connectivity index (χ2n) is 6.17. The lowest BCUT2D eigenvalue weighted by molar-refractivity contribution is -0.136. The molecule has 3 atom stereocenters. The first-order chi connectivity index (χ1) is 10.2. The van der Waals surface area contributed by atoms with E-state index in [0.29, 0.717) is 0 Å². The number of ether oxygens (including phenoxy) is 1. The van der Waals surface area contributed by atoms with Crippen molar-refractivity contribution in [3.63, 3.8) is 0 Å². The van der Waals surface area contributed by atoms with Gasteiger partial charge < -0.3 is 15.4 Å². The number of rotatable bonds is 3. The van der Waals surface area contributed by atoms with E-state index in [1.165, 1.54) is 5.56 Å². The van der Waals surface area contributed by atoms with E-state index in [2.05, 4.69) is 6.07 Å². The molecule has 1 aromatic rings. The average Bonchev–Trinajstić information content (AvgIpc) is 3.15. The number of benzene rings is 1. The minimum Gasteiger partial charge on any atom is -0.497 e. The standard InChI is InChI=1S/C17H24N2O2/c1-21-13-6-2-5-12(11-13)16-9-4-10-19(16)17(20)14-7-3-8-15(14)18/h2,5-6,11,14-16H,3-4,7-10,18H2,1H3. The SMILES string of the molecule is COc1cccc(C2CCCN2C(=O)C2CCCC2N)c1. The molecule has 1 aliphatic heterocycles. The fourth-order valence-electron chi connectivity index (χ4n) is 3.73. The summed E-state index contributed by atoms with van der Waals surface area (Å²) >= 11 is 0. The number of amides is 1. The molecule has 1 saturated heterocycles. The van der Waals surface area contributed by atoms with E-state index in [1.807, 2.05) is 23.1 Å². The van der Waals surface area contributed by atoms with Crippen molar-refractivity contribution >= 4 is 5.91 Å². The number of hydrogen-bond acceptors (Lipinski definition) is 3. The smallest absolute Gasteiger partial charge is 0.227 e. The third kappa shape index (κ3) is 2.77. The van der Waals surface area contributed by atoms with Gasteiger partial charge in [-0.2, -0.15) is 0 Å². The highest BCUT2D eigenvalue weighted by atomic mass is 16.5. The molecule has 114 valence electrons. The summed E-state index contributed by atoms with van der Waals surface area (Å²) in [7, 11) is 1.67. The van der Waals surface area contributed by atoms with E-state index in [4.69, 9.17) is 10.5 Å². The van der Waals surface area contributed by atoms with Gasteiger partial charge in [0.05, 0.1) is 19.1 Å². The Bertz CT molecular complexity index is 517. The molecular formula is C17H24N2O2. The predicted octanol–water partition coefficient (Wildman–Crippen LogP) is 2.49. The van der Waals surface area contributed by atoms with Crippen LogP contribution in [0.3, 0.4) is 0 Å². The highest BCUT2D eigenvalue weighted by Gasteiger charge is 2.38. The van der Waals surface area contributed by atoms with Crippen molar-refractivity contribution < 1.29 is 9.53 Å². The van der Waals surface area contributed by atoms with E-state index in [0.717, 1.165) is 44.4 Å². The van der Waals surface area contributed by atoms with Gasteiger partial charge in [0.15, 0.2) is 0 Å². The fourth-order valence-corrected chi connectivity index (χ4v) is 3.73. The van der Waals surface area contributed by atoms with Gasteiger partial charge >= 0.3 is 0 Å². The van der Waals surface area contributed by atoms with Crippen molar-refractivity contribution in [3.05, 3.63) is 29.8 Å². The van der Waals surface area contributed by atoms with Crippen molar-refractivity contribution in [2.75, 3.05) is 13.7 Å². The Balaban J connectivity index is 1.80. The van der Waals surface area contributed by atoms with Crippen LogP contribution in [0.5, 0.6) is 5.75 Å². The Hall–Kier alpha value is -1.55. The molecule has 0 bridgehead atoms. The zero-order valence-electron chi connectivity index (χ0n) is 12.6. The monoisotopic (exact) mass is 288 g/mol. The summed E-state index contributed by atoms with van der Waals surface area (Å²) in [6.45, 7) is 0.851. The second-order valence-corrected chi connectivity index (χ2v) is 6.17. The van der Waals surface area contributed by atoms with Gasteiger partial charge in [0.2, 0.25) is 5.91 Å². The first kappa shape index (κ1) is 14.4. The molecule has 3 unspecified atom stereocenters. The maximum absolute atomic E-state index is 12.8. The molecule has 1 saturated carbocycles. The number of hydrogen-bond donors (Lipinski definition) is 1. The Kier molecular flexibility index (Phi) is 4.15. The lowest BCUT2D eigenvalue weighted by Crippen LogP contribution is -2.41. The maximum Gasteiger partial charge on any atom is 0.227 e. The molecule has 1 amide bonds. The minimum absolute atomic E-state index is 0.0243. The molecule has 3 rings (SSSR count). The summed E-state index contributed by atoms with van der Waals surface area (Å²) in [6, 6.07) is 8.30. The van der Waals surface area contributed by atoms with Crippen LogP contribution >= 0.6 is 0 Å². The second kappa shape index (κ2) is 6.06. The van der Waals surface area contributed by atoms with Crippen LogP contribution in [-0.2, 0) is 4.79 Å². The largest absolute Gasteiger partial charge is 0.497 e. The summed E-state index contributed by atoms with van der Waals surface area (Å²) in [6.07, 6.45) is 5.10. The van der Waals surface area contributed by atoms with Crippen LogP contribution in [0.25, 0.3) is 0 Å². The molecule has 4 nitrogen and oxygen atoms in total. The van der Waals surface area contributed by atoms with Crippen LogP contribution in [0.2, 0.25) is 0 Å². The van der Waals surface area contributed by atoms with Crippen LogP contribution in [-0.4, -0.2) is 30.5 Å². The van der Waals surface area contributed by atoms with Crippen molar-refractivity contribution in [2.45, 2.75) is 44.2 Å². The van der Waals surface area contributed by atoms with Gasteiger partial charge in [-0.25, -0.2) is 0 Å². The lowest BCUT2D eigenvalue weighted by atomic mass is 9.99. The summed E-state index contributed by atoms with van der Waals surface area (Å²) in [4.78, 5) is 14.9. The van der Waals surface area contributed by atoms with Crippen LogP contribution in [0.1, 0.15) is 43.7 Å². The van der Waals surface area contributed by atoms with E-state index in [-0.39, 0.29) is 23.9 Å². The Labute approximate surface area is 126 Å². The van der Waals surface area contributed by atoms with Gasteiger partial charge in [-0.3, -0.25) is 4.79 Å². The third-order valence-electron chi connectivity index (χ3n) is 4.90. The lowest BCUT2D eigenvalue weighted by Gasteiger charge is -2.29. The zero-order valence-corrected chi connectivity index (χ0v) is 12.6. The topological polar surface area (TPSA) is 55.6 Å². The van der Waals surface area contributed by atoms with Crippen LogP contribution < -0.4 is 10.5 Å². The van der Waals surface area contributed by atoms with Gasteiger partial charge in [-0.05, 0) is 43.4 Å². The normalized spacial score (nSPS) is 28.9. The van der Waals surface area contributed by atoms with Gasteiger partial charge in [-0.15, -0.1) is 0 Å². The molecule has 21 heavy (non-hydrogen) atoms. The fraction of sp³-hybridized carbons (Fsp3) is 0.588. The summed E-state index contributed by atoms with van der Waals surface area (Å²) in [5.41, 5.74) is 7.28. The molecule has 2 fully saturated rings. The highest BCUT2D eigenvalue weighted by molar-refractivity contribution is 5.80. The summed E-state index contributed by atoms with van der Waals surface area (Å²) in [5, 5.41) is 0. The molecule has 1 aliphatic carbocycles. The molecule has 0 aromatic heterocycles. The number of carbonyl (C=O) groups excluding carboxylic acids is 1. The first-order valence-electron chi connectivity index (χ1n) is 7.90. The van der Waals surface area contributed by atoms with Crippen LogP contribution in [0.4, 0.5) is 0 Å². The zero-order chi connectivity index (χ0) is 14.8. The van der Waals surface area contributed by atoms with Gasteiger partial charge in [-0.1, -0.05) is 18.6 Å². The number of likely N-dealkylation sites (tertiary alicyclic amines) is 1. The molecule has 1 heterocycles. The van der Waals surface area contributed by atoms with Crippen molar-refractivity contribution in [2.24, 2.45) is 11.7 Å². The quantitative estimate of drug-likeness (QED) is 0.929. The molecular weight excluding hydrogens is 264 g/mol. The van der Waals surface area contributed by atoms with Crippen molar-refractivity contribution in [1.29, 1.82) is 0 Å². The molecule has 4 heteroatoms. The van der Waals surface area contributed by atoms with Gasteiger partial charge in [0.1, 0.15) is 5.75 Å². The van der Waals surface area contributed by atoms with Crippen LogP contribution in [0.15, 0.2) is 24.3 Å². The average molecular weight is 288 g/mol. The molecule has 1 aromatic carbocycles. The van der Waals surface area contributed by atoms with E-state index in [9.17, 15) is 4.79 Å². The number of methoxy groups -OCH3 is 1. The molecule has 0 radical (unpaired) electrons. The first-order valence-corrected chi connectivity index (χ1v) is 7.90. The van der Waals surface area contributed by atoms with E-state index in [1.54, 1.807) is 7.11 Å². The number of carbonyl (C=O) groups is 1. The van der Waals surface area contributed by atoms with E-state index < -0.39 is 0 Å². The Morgan fingerprint density at radius 3 is 2.86 bits per heavy atom. The molecule has 2 N–H and O–H groups in total. The summed E-state index contributed by atoms with van der Waals surface area (Å²) < 4.78 is 5.30. The highest BCUT2D eigenvalue weighted by Crippen LogP contribution is 2.36. The van der Waals surface area contributed by atoms with Crippen molar-refractivity contribution in [3.8, 4) is 5.75 Å². The van der Waals surface area contributed by atoms with Gasteiger partial charge in [0, 0.05) is 12.6 Å². The molecule has 0 spiro atoms. The maximum atomic E-state index is 12.8. The predicted molar refractivity (Wildman–Crippen MR) is 82.0 cm³/mol. The minimum atomic E-state index is 0.0243. The number of nitrogens with two attached hydrogens (primary N) is 1. The van der Waals surface area contributed by atoms with Gasteiger partial charge in [0.25, 0.3) is 0 Å². The van der Waals surface area contributed by atoms with Crippen LogP contribution in [0, 0.1) is 5.92 Å². The summed E-state index contributed by atoms with van der Waals surface area (Å²) in [5.74, 6) is 1.13. The molecule has 2 aliphatic rings.